The van der Waals surface area contributed by atoms with E-state index < -0.39 is 40.0 Å². The number of aliphatic carboxylic acids is 1. The van der Waals surface area contributed by atoms with E-state index in [2.05, 4.69) is 25.2 Å². The fourth-order valence-electron chi connectivity index (χ4n) is 5.73. The maximum absolute atomic E-state index is 13.3. The monoisotopic (exact) mass is 651 g/mol. The number of pyridine rings is 1. The molecule has 1 aromatic carbocycles. The average molecular weight is 653 g/mol. The van der Waals surface area contributed by atoms with Crippen LogP contribution in [0.1, 0.15) is 37.5 Å². The van der Waals surface area contributed by atoms with Gasteiger partial charge in [0.15, 0.2) is 0 Å². The number of fused-ring (bicyclic) bond motifs is 1. The second kappa shape index (κ2) is 12.6. The molecule has 13 nitrogen and oxygen atoms in total. The van der Waals surface area contributed by atoms with Crippen LogP contribution in [-0.2, 0) is 19.6 Å². The van der Waals surface area contributed by atoms with Gasteiger partial charge in [-0.1, -0.05) is 23.2 Å². The average Bonchev–Trinajstić information content (AvgIpc) is 3.59. The second-order valence-corrected chi connectivity index (χ2v) is 13.3. The highest BCUT2D eigenvalue weighted by molar-refractivity contribution is 7.89. The zero-order valence-electron chi connectivity index (χ0n) is 23.2. The number of nitrogens with zero attached hydrogens (tertiary/aromatic N) is 5. The number of sulfonamides is 1. The summed E-state index contributed by atoms with van der Waals surface area (Å²) in [6.07, 6.45) is 5.42. The molecule has 43 heavy (non-hydrogen) atoms. The molecule has 2 atom stereocenters. The van der Waals surface area contributed by atoms with E-state index in [1.54, 1.807) is 17.3 Å². The molecule has 230 valence electrons. The number of benzene rings is 1. The van der Waals surface area contributed by atoms with Crippen molar-refractivity contribution in [2.75, 3.05) is 26.2 Å². The Hall–Kier alpha value is -3.46. The summed E-state index contributed by atoms with van der Waals surface area (Å²) >= 11 is 12.0. The zero-order valence-corrected chi connectivity index (χ0v) is 25.6. The molecule has 2 aliphatic rings. The number of carbonyl (C=O) groups is 3. The normalized spacial score (nSPS) is 19.0. The van der Waals surface area contributed by atoms with Crippen molar-refractivity contribution in [3.05, 3.63) is 52.5 Å². The molecule has 2 aromatic heterocycles. The van der Waals surface area contributed by atoms with Crippen LogP contribution in [0, 0.1) is 6.92 Å². The Morgan fingerprint density at radius 2 is 1.79 bits per heavy atom. The third-order valence-electron chi connectivity index (χ3n) is 7.81. The Kier molecular flexibility index (Phi) is 9.11. The number of nitrogens with one attached hydrogen (secondary N) is 2. The Morgan fingerprint density at radius 3 is 2.47 bits per heavy atom. The molecule has 0 aliphatic carbocycles. The standard InChI is InChI=1S/C27H31Cl2N7O6S/c1-16-32-21-14-30-7-4-23(21)36(16)19-5-9-34(10-6-19)27(40)31-15-22(26(38)39)33-25(37)24-3-2-8-35(24)43(41,42)20-12-17(28)11-18(29)13-20/h4,7,11-14,19,22,24H,2-3,5-6,8-10,15H2,1H3,(H,31,40)(H,33,37)(H,38,39)/t22-,24-/m0/s1. The number of likely N-dealkylation sites (tertiary alicyclic amines) is 1. The van der Waals surface area contributed by atoms with E-state index in [9.17, 15) is 27.9 Å². The van der Waals surface area contributed by atoms with E-state index in [1.807, 2.05) is 13.0 Å². The Balaban J connectivity index is 1.17. The fraction of sp³-hybridized carbons (Fsp3) is 0.444. The van der Waals surface area contributed by atoms with Crippen molar-refractivity contribution in [2.24, 2.45) is 0 Å². The van der Waals surface area contributed by atoms with E-state index >= 15 is 0 Å². The second-order valence-electron chi connectivity index (χ2n) is 10.6. The Bertz CT molecular complexity index is 1640. The molecule has 0 saturated carbocycles. The molecule has 5 rings (SSSR count). The fourth-order valence-corrected chi connectivity index (χ4v) is 8.11. The van der Waals surface area contributed by atoms with Crippen LogP contribution in [-0.4, -0.2) is 93.4 Å². The molecule has 2 fully saturated rings. The van der Waals surface area contributed by atoms with E-state index in [0.29, 0.717) is 32.4 Å². The lowest BCUT2D eigenvalue weighted by atomic mass is 10.0. The molecule has 0 spiro atoms. The molecular weight excluding hydrogens is 621 g/mol. The van der Waals surface area contributed by atoms with Gasteiger partial charge in [0.2, 0.25) is 15.9 Å². The van der Waals surface area contributed by atoms with Crippen molar-refractivity contribution in [3.63, 3.8) is 0 Å². The van der Waals surface area contributed by atoms with Crippen molar-refractivity contribution in [1.29, 1.82) is 0 Å². The van der Waals surface area contributed by atoms with Crippen molar-refractivity contribution in [1.82, 2.24) is 34.4 Å². The van der Waals surface area contributed by atoms with Gasteiger partial charge in [-0.25, -0.2) is 23.0 Å². The van der Waals surface area contributed by atoms with E-state index in [-0.39, 0.29) is 40.5 Å². The largest absolute Gasteiger partial charge is 0.480 e. The first-order chi connectivity index (χ1) is 20.5. The van der Waals surface area contributed by atoms with Crippen LogP contribution in [0.2, 0.25) is 10.0 Å². The highest BCUT2D eigenvalue weighted by Crippen LogP contribution is 2.30. The van der Waals surface area contributed by atoms with E-state index in [0.717, 1.165) is 21.2 Å². The van der Waals surface area contributed by atoms with Crippen LogP contribution < -0.4 is 10.6 Å². The smallest absolute Gasteiger partial charge is 0.328 e. The number of hydrogen-bond acceptors (Lipinski definition) is 7. The van der Waals surface area contributed by atoms with Gasteiger partial charge in [0, 0.05) is 41.9 Å². The Labute approximate surface area is 258 Å². The number of urea groups is 1. The lowest BCUT2D eigenvalue weighted by Gasteiger charge is -2.33. The van der Waals surface area contributed by atoms with Crippen LogP contribution in [0.4, 0.5) is 4.79 Å². The number of rotatable bonds is 8. The number of halogens is 2. The van der Waals surface area contributed by atoms with Gasteiger partial charge in [0.25, 0.3) is 0 Å². The first kappa shape index (κ1) is 31.0. The summed E-state index contributed by atoms with van der Waals surface area (Å²) in [6, 6.07) is 2.91. The van der Waals surface area contributed by atoms with Gasteiger partial charge in [-0.3, -0.25) is 9.78 Å². The minimum Gasteiger partial charge on any atom is -0.480 e. The molecule has 2 saturated heterocycles. The minimum absolute atomic E-state index is 0.0697. The first-order valence-electron chi connectivity index (χ1n) is 13.8. The van der Waals surface area contributed by atoms with Crippen molar-refractivity contribution < 1.29 is 27.9 Å². The van der Waals surface area contributed by atoms with Gasteiger partial charge in [0.05, 0.1) is 23.2 Å². The summed E-state index contributed by atoms with van der Waals surface area (Å²) in [5.41, 5.74) is 1.80. The third-order valence-corrected chi connectivity index (χ3v) is 10.1. The quantitative estimate of drug-likeness (QED) is 0.334. The lowest BCUT2D eigenvalue weighted by Crippen LogP contribution is -2.55. The van der Waals surface area contributed by atoms with Crippen LogP contribution in [0.15, 0.2) is 41.6 Å². The van der Waals surface area contributed by atoms with Crippen molar-refractivity contribution in [3.8, 4) is 0 Å². The molecule has 0 radical (unpaired) electrons. The molecular formula is C27H31Cl2N7O6S. The van der Waals surface area contributed by atoms with Gasteiger partial charge in [-0.2, -0.15) is 4.31 Å². The molecule has 2 aliphatic heterocycles. The number of imidazole rings is 1. The van der Waals surface area contributed by atoms with Gasteiger partial charge in [-0.15, -0.1) is 0 Å². The summed E-state index contributed by atoms with van der Waals surface area (Å²) in [7, 11) is -4.14. The summed E-state index contributed by atoms with van der Waals surface area (Å²) in [6.45, 7) is 2.54. The third kappa shape index (κ3) is 6.56. The van der Waals surface area contributed by atoms with Gasteiger partial charge in [-0.05, 0) is 56.9 Å². The maximum atomic E-state index is 13.3. The van der Waals surface area contributed by atoms with E-state index in [1.165, 1.54) is 18.2 Å². The molecule has 4 heterocycles. The first-order valence-corrected chi connectivity index (χ1v) is 16.0. The van der Waals surface area contributed by atoms with Crippen LogP contribution in [0.25, 0.3) is 11.0 Å². The molecule has 3 aromatic rings. The Morgan fingerprint density at radius 1 is 1.09 bits per heavy atom. The number of carboxylic acids is 1. The number of hydrogen-bond donors (Lipinski definition) is 3. The predicted molar refractivity (Wildman–Crippen MR) is 158 cm³/mol. The SMILES string of the molecule is Cc1nc2cnccc2n1C1CCN(C(=O)NC[C@H](NC(=O)[C@@H]2CCCN2S(=O)(=O)c2cc(Cl)cc(Cl)c2)C(=O)O)CC1. The van der Waals surface area contributed by atoms with Crippen LogP contribution in [0.5, 0.6) is 0 Å². The predicted octanol–water partition coefficient (Wildman–Crippen LogP) is 2.82. The summed E-state index contributed by atoms with van der Waals surface area (Å²) in [5, 5.41) is 15.0. The van der Waals surface area contributed by atoms with Gasteiger partial charge < -0.3 is 25.2 Å². The number of carbonyl (C=O) groups excluding carboxylic acids is 2. The summed E-state index contributed by atoms with van der Waals surface area (Å²) in [4.78, 5) is 48.1. The van der Waals surface area contributed by atoms with Crippen LogP contribution in [0.3, 0.4) is 0 Å². The topological polar surface area (TPSA) is 167 Å². The molecule has 3 amide bonds. The zero-order chi connectivity index (χ0) is 30.9. The van der Waals surface area contributed by atoms with Gasteiger partial charge >= 0.3 is 12.0 Å². The number of amides is 3. The van der Waals surface area contributed by atoms with Gasteiger partial charge in [0.1, 0.15) is 23.4 Å². The minimum atomic E-state index is -4.14. The number of aromatic nitrogens is 3. The summed E-state index contributed by atoms with van der Waals surface area (Å²) in [5.74, 6) is -1.26. The molecule has 0 bridgehead atoms. The number of carboxylic acid groups (broad SMARTS) is 1. The van der Waals surface area contributed by atoms with E-state index in [4.69, 9.17) is 23.2 Å². The number of piperidine rings is 1. The summed E-state index contributed by atoms with van der Waals surface area (Å²) < 4.78 is 29.8. The van der Waals surface area contributed by atoms with Crippen LogP contribution >= 0.6 is 23.2 Å². The highest BCUT2D eigenvalue weighted by Gasteiger charge is 2.41. The van der Waals surface area contributed by atoms with Crippen molar-refractivity contribution in [2.45, 2.75) is 55.6 Å². The lowest BCUT2D eigenvalue weighted by molar-refractivity contribution is -0.142. The highest BCUT2D eigenvalue weighted by atomic mass is 35.5. The molecule has 3 N–H and O–H groups in total. The number of aryl methyl sites for hydroxylation is 1. The maximum Gasteiger partial charge on any atom is 0.328 e. The molecule has 16 heteroatoms. The molecule has 0 unspecified atom stereocenters. The van der Waals surface area contributed by atoms with Crippen molar-refractivity contribution >= 4 is 62.2 Å².